The van der Waals surface area contributed by atoms with Crippen molar-refractivity contribution in [3.05, 3.63) is 51.8 Å². The van der Waals surface area contributed by atoms with Gasteiger partial charge in [0.05, 0.1) is 17.7 Å². The molecule has 2 aromatic rings. The van der Waals surface area contributed by atoms with Crippen LogP contribution in [0, 0.1) is 25.2 Å². The number of carbonyl (C=O) groups is 1. The highest BCUT2D eigenvalue weighted by atomic mass is 35.5. The number of amides is 1. The molecular formula is C17H19ClN4O. The number of nitrogens with zero attached hydrogens (tertiary/aromatic N) is 3. The number of nitriles is 1. The third-order valence-electron chi connectivity index (χ3n) is 3.99. The van der Waals surface area contributed by atoms with Gasteiger partial charge in [-0.15, -0.1) is 0 Å². The van der Waals surface area contributed by atoms with E-state index < -0.39 is 12.0 Å². The summed E-state index contributed by atoms with van der Waals surface area (Å²) in [5.74, 6) is -0.602. The maximum atomic E-state index is 12.6. The Labute approximate surface area is 140 Å². The fourth-order valence-corrected chi connectivity index (χ4v) is 2.89. The van der Waals surface area contributed by atoms with Crippen molar-refractivity contribution in [2.24, 2.45) is 7.05 Å². The highest BCUT2D eigenvalue weighted by molar-refractivity contribution is 6.30. The first-order valence-corrected chi connectivity index (χ1v) is 7.68. The van der Waals surface area contributed by atoms with Gasteiger partial charge in [-0.2, -0.15) is 10.4 Å². The van der Waals surface area contributed by atoms with Crippen molar-refractivity contribution in [2.45, 2.75) is 32.7 Å². The minimum Gasteiger partial charge on any atom is -0.336 e. The van der Waals surface area contributed by atoms with E-state index in [-0.39, 0.29) is 5.91 Å². The lowest BCUT2D eigenvalue weighted by Crippen LogP contribution is -2.31. The zero-order chi connectivity index (χ0) is 17.1. The summed E-state index contributed by atoms with van der Waals surface area (Å²) in [5.41, 5.74) is 3.33. The number of hydrogen-bond acceptors (Lipinski definition) is 3. The fraction of sp³-hybridized carbons (Fsp3) is 0.353. The number of aromatic nitrogens is 2. The number of nitrogens with one attached hydrogen (secondary N) is 1. The van der Waals surface area contributed by atoms with Gasteiger partial charge in [-0.1, -0.05) is 23.7 Å². The molecule has 0 bridgehead atoms. The molecule has 0 aliphatic carbocycles. The molecule has 120 valence electrons. The Kier molecular flexibility index (Phi) is 5.07. The predicted octanol–water partition coefficient (Wildman–Crippen LogP) is 3.17. The summed E-state index contributed by atoms with van der Waals surface area (Å²) in [6.07, 6.45) is 0. The number of carbonyl (C=O) groups excluding carboxylic acids is 1. The topological polar surface area (TPSA) is 70.7 Å². The molecule has 2 rings (SSSR count). The lowest BCUT2D eigenvalue weighted by Gasteiger charge is -2.17. The molecule has 1 aromatic heterocycles. The van der Waals surface area contributed by atoms with Crippen LogP contribution in [0.2, 0.25) is 5.02 Å². The van der Waals surface area contributed by atoms with Crippen LogP contribution in [0.4, 0.5) is 0 Å². The Morgan fingerprint density at radius 3 is 2.65 bits per heavy atom. The molecule has 5 nitrogen and oxygen atoms in total. The Morgan fingerprint density at radius 1 is 1.43 bits per heavy atom. The average molecular weight is 331 g/mol. The lowest BCUT2D eigenvalue weighted by molar-refractivity contribution is -0.122. The van der Waals surface area contributed by atoms with Gasteiger partial charge >= 0.3 is 0 Å². The number of aryl methyl sites for hydroxylation is 2. The van der Waals surface area contributed by atoms with Crippen molar-refractivity contribution in [3.8, 4) is 6.07 Å². The van der Waals surface area contributed by atoms with E-state index in [9.17, 15) is 10.1 Å². The maximum Gasteiger partial charge on any atom is 0.228 e. The zero-order valence-electron chi connectivity index (χ0n) is 13.6. The van der Waals surface area contributed by atoms with Gasteiger partial charge in [-0.05, 0) is 38.5 Å². The van der Waals surface area contributed by atoms with Crippen LogP contribution >= 0.6 is 11.6 Å². The van der Waals surface area contributed by atoms with Crippen molar-refractivity contribution in [2.75, 3.05) is 0 Å². The van der Waals surface area contributed by atoms with Gasteiger partial charge in [0.2, 0.25) is 5.91 Å². The maximum absolute atomic E-state index is 12.6. The highest BCUT2D eigenvalue weighted by Crippen LogP contribution is 2.24. The number of rotatable bonds is 4. The van der Waals surface area contributed by atoms with Gasteiger partial charge in [0, 0.05) is 23.3 Å². The fourth-order valence-electron chi connectivity index (χ4n) is 2.69. The SMILES string of the molecule is Cc1nn(C)c(C)c1[C@H](C)C(=O)N[C@@H](C#N)c1cccc(Cl)c1. The molecule has 0 spiro atoms. The van der Waals surface area contributed by atoms with Gasteiger partial charge in [-0.25, -0.2) is 0 Å². The van der Waals surface area contributed by atoms with E-state index >= 15 is 0 Å². The van der Waals surface area contributed by atoms with Crippen LogP contribution in [0.3, 0.4) is 0 Å². The highest BCUT2D eigenvalue weighted by Gasteiger charge is 2.25. The molecule has 0 saturated heterocycles. The second-order valence-corrected chi connectivity index (χ2v) is 5.99. The molecule has 1 heterocycles. The molecule has 0 unspecified atom stereocenters. The summed E-state index contributed by atoms with van der Waals surface area (Å²) in [4.78, 5) is 12.6. The summed E-state index contributed by atoms with van der Waals surface area (Å²) in [7, 11) is 1.85. The van der Waals surface area contributed by atoms with E-state index in [4.69, 9.17) is 11.6 Å². The Morgan fingerprint density at radius 2 is 2.13 bits per heavy atom. The van der Waals surface area contributed by atoms with Crippen molar-refractivity contribution < 1.29 is 4.79 Å². The molecule has 1 N–H and O–H groups in total. The standard InChI is InChI=1S/C17H19ClN4O/c1-10(16-11(2)21-22(4)12(16)3)17(23)20-15(9-19)13-6-5-7-14(18)8-13/h5-8,10,15H,1-4H3,(H,20,23)/t10-,15-/m0/s1. The minimum absolute atomic E-state index is 0.212. The van der Waals surface area contributed by atoms with E-state index in [0.717, 1.165) is 17.0 Å². The first-order chi connectivity index (χ1) is 10.8. The largest absolute Gasteiger partial charge is 0.336 e. The van der Waals surface area contributed by atoms with Crippen LogP contribution in [-0.4, -0.2) is 15.7 Å². The second-order valence-electron chi connectivity index (χ2n) is 5.56. The average Bonchev–Trinajstić information content (AvgIpc) is 2.76. The molecule has 6 heteroatoms. The minimum atomic E-state index is -0.735. The van der Waals surface area contributed by atoms with E-state index in [1.54, 1.807) is 28.9 Å². The van der Waals surface area contributed by atoms with Gasteiger partial charge in [0.1, 0.15) is 6.04 Å². The third-order valence-corrected chi connectivity index (χ3v) is 4.22. The third kappa shape index (κ3) is 3.54. The monoisotopic (exact) mass is 330 g/mol. The number of benzene rings is 1. The van der Waals surface area contributed by atoms with Crippen LogP contribution in [-0.2, 0) is 11.8 Å². The molecular weight excluding hydrogens is 312 g/mol. The lowest BCUT2D eigenvalue weighted by atomic mass is 9.97. The van der Waals surface area contributed by atoms with Crippen LogP contribution < -0.4 is 5.32 Å². The van der Waals surface area contributed by atoms with Crippen molar-refractivity contribution >= 4 is 17.5 Å². The number of halogens is 1. The molecule has 0 radical (unpaired) electrons. The molecule has 1 amide bonds. The van der Waals surface area contributed by atoms with Crippen LogP contribution in [0.15, 0.2) is 24.3 Å². The van der Waals surface area contributed by atoms with Crippen molar-refractivity contribution in [1.82, 2.24) is 15.1 Å². The summed E-state index contributed by atoms with van der Waals surface area (Å²) >= 11 is 5.95. The van der Waals surface area contributed by atoms with Gasteiger partial charge in [0.25, 0.3) is 0 Å². The summed E-state index contributed by atoms with van der Waals surface area (Å²) in [5, 5.41) is 17.0. The van der Waals surface area contributed by atoms with Gasteiger partial charge in [-0.3, -0.25) is 9.48 Å². The summed E-state index contributed by atoms with van der Waals surface area (Å²) in [6.45, 7) is 5.63. The van der Waals surface area contributed by atoms with E-state index in [1.807, 2.05) is 27.8 Å². The van der Waals surface area contributed by atoms with Gasteiger partial charge < -0.3 is 5.32 Å². The predicted molar refractivity (Wildman–Crippen MR) is 89.0 cm³/mol. The van der Waals surface area contributed by atoms with E-state index in [2.05, 4.69) is 16.5 Å². The number of hydrogen-bond donors (Lipinski definition) is 1. The zero-order valence-corrected chi connectivity index (χ0v) is 14.3. The van der Waals surface area contributed by atoms with Crippen molar-refractivity contribution in [1.29, 1.82) is 5.26 Å². The van der Waals surface area contributed by atoms with E-state index in [0.29, 0.717) is 10.6 Å². The van der Waals surface area contributed by atoms with E-state index in [1.165, 1.54) is 0 Å². The quantitative estimate of drug-likeness (QED) is 0.936. The molecule has 0 aliphatic rings. The molecule has 23 heavy (non-hydrogen) atoms. The molecule has 2 atom stereocenters. The normalized spacial score (nSPS) is 13.2. The van der Waals surface area contributed by atoms with Crippen LogP contribution in [0.5, 0.6) is 0 Å². The smallest absolute Gasteiger partial charge is 0.228 e. The molecule has 0 saturated carbocycles. The Bertz CT molecular complexity index is 775. The summed E-state index contributed by atoms with van der Waals surface area (Å²) in [6, 6.07) is 8.31. The molecule has 0 fully saturated rings. The van der Waals surface area contributed by atoms with Crippen molar-refractivity contribution in [3.63, 3.8) is 0 Å². The van der Waals surface area contributed by atoms with Crippen LogP contribution in [0.25, 0.3) is 0 Å². The Hall–Kier alpha value is -2.32. The van der Waals surface area contributed by atoms with Crippen LogP contribution in [0.1, 0.15) is 41.4 Å². The second kappa shape index (κ2) is 6.84. The molecule has 0 aliphatic heterocycles. The Balaban J connectivity index is 2.21. The first kappa shape index (κ1) is 17.0. The summed E-state index contributed by atoms with van der Waals surface area (Å²) < 4.78 is 1.76. The van der Waals surface area contributed by atoms with Gasteiger partial charge in [0.15, 0.2) is 0 Å². The molecule has 1 aromatic carbocycles. The first-order valence-electron chi connectivity index (χ1n) is 7.30.